The Bertz CT molecular complexity index is 575. The van der Waals surface area contributed by atoms with Gasteiger partial charge in [0.25, 0.3) is 0 Å². The van der Waals surface area contributed by atoms with E-state index in [1.807, 2.05) is 0 Å². The fourth-order valence-electron chi connectivity index (χ4n) is 1.56. The maximum Gasteiger partial charge on any atom is 0.339 e. The van der Waals surface area contributed by atoms with Crippen molar-refractivity contribution in [2.24, 2.45) is 0 Å². The van der Waals surface area contributed by atoms with Crippen molar-refractivity contribution in [1.82, 2.24) is 4.98 Å². The number of carbonyl (C=O) groups is 1. The maximum atomic E-state index is 11.2. The summed E-state index contributed by atoms with van der Waals surface area (Å²) in [4.78, 5) is 14.0. The third-order valence-corrected chi connectivity index (χ3v) is 3.53. The molecule has 0 atom stereocenters. The van der Waals surface area contributed by atoms with Gasteiger partial charge in [0.05, 0.1) is 10.2 Å². The van der Waals surface area contributed by atoms with Gasteiger partial charge in [-0.3, -0.25) is 0 Å². The molecule has 0 saturated carbocycles. The van der Waals surface area contributed by atoms with Crippen LogP contribution in [0, 0.1) is 0 Å². The molecular weight excluding hydrogens is 329 g/mol. The summed E-state index contributed by atoms with van der Waals surface area (Å²) in [5.74, 6) is -1.05. The van der Waals surface area contributed by atoms with Crippen molar-refractivity contribution in [2.45, 2.75) is 0 Å². The Morgan fingerprint density at radius 3 is 2.41 bits per heavy atom. The SMILES string of the molecule is O=C(O)c1c(-c2c(Cl)cccc2Cl)c[nH]c1Br. The summed E-state index contributed by atoms with van der Waals surface area (Å²) in [5, 5.41) is 9.96. The van der Waals surface area contributed by atoms with Crippen LogP contribution in [0.3, 0.4) is 0 Å². The van der Waals surface area contributed by atoms with Crippen LogP contribution in [0.15, 0.2) is 29.0 Å². The van der Waals surface area contributed by atoms with Crippen molar-refractivity contribution in [3.63, 3.8) is 0 Å². The van der Waals surface area contributed by atoms with Gasteiger partial charge in [-0.25, -0.2) is 4.79 Å². The molecule has 0 amide bonds. The molecule has 0 aliphatic carbocycles. The van der Waals surface area contributed by atoms with Crippen LogP contribution in [0.4, 0.5) is 0 Å². The lowest BCUT2D eigenvalue weighted by Crippen LogP contribution is -1.98. The minimum Gasteiger partial charge on any atom is -0.478 e. The van der Waals surface area contributed by atoms with E-state index in [0.29, 0.717) is 25.8 Å². The second kappa shape index (κ2) is 4.72. The van der Waals surface area contributed by atoms with Gasteiger partial charge in [0.2, 0.25) is 0 Å². The highest BCUT2D eigenvalue weighted by atomic mass is 79.9. The predicted molar refractivity (Wildman–Crippen MR) is 70.9 cm³/mol. The molecule has 0 aliphatic heterocycles. The van der Waals surface area contributed by atoms with Crippen LogP contribution < -0.4 is 0 Å². The third-order valence-electron chi connectivity index (χ3n) is 2.28. The van der Waals surface area contributed by atoms with Crippen LogP contribution >= 0.6 is 39.1 Å². The van der Waals surface area contributed by atoms with E-state index in [9.17, 15) is 4.79 Å². The highest BCUT2D eigenvalue weighted by Crippen LogP contribution is 2.38. The van der Waals surface area contributed by atoms with Gasteiger partial charge in [0.15, 0.2) is 0 Å². The van der Waals surface area contributed by atoms with Gasteiger partial charge in [-0.15, -0.1) is 0 Å². The second-order valence-electron chi connectivity index (χ2n) is 3.29. The summed E-state index contributed by atoms with van der Waals surface area (Å²) in [6, 6.07) is 5.03. The maximum absolute atomic E-state index is 11.2. The van der Waals surface area contributed by atoms with Gasteiger partial charge in [-0.2, -0.15) is 0 Å². The molecule has 0 unspecified atom stereocenters. The minimum atomic E-state index is -1.05. The van der Waals surface area contributed by atoms with Crippen molar-refractivity contribution in [1.29, 1.82) is 0 Å². The molecule has 2 rings (SSSR count). The van der Waals surface area contributed by atoms with Gasteiger partial charge in [0.1, 0.15) is 0 Å². The van der Waals surface area contributed by atoms with Crippen LogP contribution in [0.2, 0.25) is 10.0 Å². The molecule has 0 radical (unpaired) electrons. The number of aromatic amines is 1. The fraction of sp³-hybridized carbons (Fsp3) is 0. The van der Waals surface area contributed by atoms with Gasteiger partial charge >= 0.3 is 5.97 Å². The number of H-pyrrole nitrogens is 1. The van der Waals surface area contributed by atoms with Crippen molar-refractivity contribution >= 4 is 45.1 Å². The molecule has 2 N–H and O–H groups in total. The van der Waals surface area contributed by atoms with E-state index < -0.39 is 5.97 Å². The molecule has 1 aromatic heterocycles. The van der Waals surface area contributed by atoms with Gasteiger partial charge in [-0.05, 0) is 28.1 Å². The first-order valence-corrected chi connectivity index (χ1v) is 6.11. The zero-order valence-electron chi connectivity index (χ0n) is 8.30. The number of benzene rings is 1. The van der Waals surface area contributed by atoms with Crippen molar-refractivity contribution in [2.75, 3.05) is 0 Å². The minimum absolute atomic E-state index is 0.111. The number of nitrogens with one attached hydrogen (secondary N) is 1. The van der Waals surface area contributed by atoms with Crippen molar-refractivity contribution < 1.29 is 9.90 Å². The topological polar surface area (TPSA) is 53.1 Å². The molecule has 88 valence electrons. The zero-order chi connectivity index (χ0) is 12.6. The number of rotatable bonds is 2. The van der Waals surface area contributed by atoms with Crippen molar-refractivity contribution in [3.8, 4) is 11.1 Å². The Hall–Kier alpha value is -0.970. The third kappa shape index (κ3) is 2.20. The molecule has 17 heavy (non-hydrogen) atoms. The smallest absolute Gasteiger partial charge is 0.339 e. The van der Waals surface area contributed by atoms with E-state index in [1.165, 1.54) is 0 Å². The lowest BCUT2D eigenvalue weighted by molar-refractivity contribution is 0.0697. The zero-order valence-corrected chi connectivity index (χ0v) is 11.4. The van der Waals surface area contributed by atoms with Crippen LogP contribution in [0.25, 0.3) is 11.1 Å². The van der Waals surface area contributed by atoms with E-state index >= 15 is 0 Å². The Morgan fingerprint density at radius 2 is 1.88 bits per heavy atom. The molecule has 6 heteroatoms. The van der Waals surface area contributed by atoms with Gasteiger partial charge in [0, 0.05) is 27.4 Å². The molecule has 0 fully saturated rings. The highest BCUT2D eigenvalue weighted by molar-refractivity contribution is 9.10. The largest absolute Gasteiger partial charge is 0.478 e. The molecule has 1 aromatic carbocycles. The van der Waals surface area contributed by atoms with Crippen LogP contribution in [0.1, 0.15) is 10.4 Å². The molecule has 0 saturated heterocycles. The Balaban J connectivity index is 2.73. The fourth-order valence-corrected chi connectivity index (χ4v) is 2.66. The molecule has 0 spiro atoms. The number of aromatic nitrogens is 1. The van der Waals surface area contributed by atoms with Gasteiger partial charge < -0.3 is 10.1 Å². The number of carboxylic acid groups (broad SMARTS) is 1. The Kier molecular flexibility index (Phi) is 3.47. The number of halogens is 3. The summed E-state index contributed by atoms with van der Waals surface area (Å²) in [6.45, 7) is 0. The Morgan fingerprint density at radius 1 is 1.29 bits per heavy atom. The summed E-state index contributed by atoms with van der Waals surface area (Å²) < 4.78 is 0.385. The summed E-state index contributed by atoms with van der Waals surface area (Å²) in [6.07, 6.45) is 1.56. The standard InChI is InChI=1S/C11H6BrCl2NO2/c12-10-9(11(16)17)5(4-15-10)8-6(13)2-1-3-7(8)14/h1-4,15H,(H,16,17). The van der Waals surface area contributed by atoms with Gasteiger partial charge in [-0.1, -0.05) is 29.3 Å². The molecule has 0 aliphatic rings. The molecule has 1 heterocycles. The first-order chi connectivity index (χ1) is 8.02. The van der Waals surface area contributed by atoms with Crippen molar-refractivity contribution in [3.05, 3.63) is 44.6 Å². The van der Waals surface area contributed by atoms with E-state index in [-0.39, 0.29) is 5.56 Å². The Labute approximate surface area is 115 Å². The average molecular weight is 335 g/mol. The highest BCUT2D eigenvalue weighted by Gasteiger charge is 2.20. The van der Waals surface area contributed by atoms with E-state index in [1.54, 1.807) is 24.4 Å². The van der Waals surface area contributed by atoms with Crippen LogP contribution in [-0.2, 0) is 0 Å². The normalized spacial score (nSPS) is 10.5. The van der Waals surface area contributed by atoms with Crippen LogP contribution in [-0.4, -0.2) is 16.1 Å². The van der Waals surface area contributed by atoms with E-state index in [4.69, 9.17) is 28.3 Å². The summed E-state index contributed by atoms with van der Waals surface area (Å²) in [7, 11) is 0. The quantitative estimate of drug-likeness (QED) is 0.852. The van der Waals surface area contributed by atoms with E-state index in [2.05, 4.69) is 20.9 Å². The molecular formula is C11H6BrCl2NO2. The first kappa shape index (κ1) is 12.5. The van der Waals surface area contributed by atoms with Crippen LogP contribution in [0.5, 0.6) is 0 Å². The number of aromatic carboxylic acids is 1. The molecule has 3 nitrogen and oxygen atoms in total. The number of hydrogen-bond donors (Lipinski definition) is 2. The predicted octanol–water partition coefficient (Wildman–Crippen LogP) is 4.45. The number of hydrogen-bond acceptors (Lipinski definition) is 1. The van der Waals surface area contributed by atoms with E-state index in [0.717, 1.165) is 0 Å². The second-order valence-corrected chi connectivity index (χ2v) is 4.90. The monoisotopic (exact) mass is 333 g/mol. The molecule has 2 aromatic rings. The number of carboxylic acids is 1. The molecule has 0 bridgehead atoms. The lowest BCUT2D eigenvalue weighted by atomic mass is 10.0. The lowest BCUT2D eigenvalue weighted by Gasteiger charge is -2.06. The average Bonchev–Trinajstić information content (AvgIpc) is 2.60. The first-order valence-electron chi connectivity index (χ1n) is 4.57. The summed E-state index contributed by atoms with van der Waals surface area (Å²) in [5.41, 5.74) is 1.08. The summed E-state index contributed by atoms with van der Waals surface area (Å²) >= 11 is 15.2.